The second-order valence-corrected chi connectivity index (χ2v) is 6.23. The number of benzene rings is 2. The molecule has 2 nitrogen and oxygen atoms in total. The van der Waals surface area contributed by atoms with Gasteiger partial charge >= 0.3 is 5.97 Å². The van der Waals surface area contributed by atoms with Crippen LogP contribution in [0, 0.1) is 13.8 Å². The first-order valence-corrected chi connectivity index (χ1v) is 7.94. The van der Waals surface area contributed by atoms with Gasteiger partial charge in [0.15, 0.2) is 0 Å². The maximum atomic E-state index is 12.9. The van der Waals surface area contributed by atoms with Gasteiger partial charge in [-0.3, -0.25) is 4.79 Å². The van der Waals surface area contributed by atoms with Gasteiger partial charge in [0, 0.05) is 0 Å². The summed E-state index contributed by atoms with van der Waals surface area (Å²) >= 11 is 0. The minimum atomic E-state index is -0.669. The van der Waals surface area contributed by atoms with Crippen LogP contribution in [-0.4, -0.2) is 12.6 Å². The molecule has 1 aliphatic heterocycles. The Labute approximate surface area is 132 Å². The summed E-state index contributed by atoms with van der Waals surface area (Å²) in [6, 6.07) is 16.6. The van der Waals surface area contributed by atoms with Crippen LogP contribution in [0.4, 0.5) is 0 Å². The molecule has 0 N–H and O–H groups in total. The second-order valence-electron chi connectivity index (χ2n) is 6.23. The van der Waals surface area contributed by atoms with Crippen molar-refractivity contribution in [3.05, 3.63) is 70.8 Å². The average molecular weight is 294 g/mol. The molecule has 2 heteroatoms. The van der Waals surface area contributed by atoms with Gasteiger partial charge in [-0.1, -0.05) is 59.7 Å². The third-order valence-corrected chi connectivity index (χ3v) is 4.62. The first kappa shape index (κ1) is 14.8. The fourth-order valence-electron chi connectivity index (χ4n) is 3.25. The van der Waals surface area contributed by atoms with E-state index in [2.05, 4.69) is 62.4 Å². The summed E-state index contributed by atoms with van der Waals surface area (Å²) in [6.45, 7) is 4.65. The number of carbonyl (C=O) groups excluding carboxylic acids is 1. The fraction of sp³-hybridized carbons (Fsp3) is 0.350. The largest absolute Gasteiger partial charge is 0.465 e. The summed E-state index contributed by atoms with van der Waals surface area (Å²) < 4.78 is 5.55. The van der Waals surface area contributed by atoms with Crippen LogP contribution in [0.25, 0.3) is 0 Å². The van der Waals surface area contributed by atoms with Gasteiger partial charge in [-0.2, -0.15) is 0 Å². The maximum Gasteiger partial charge on any atom is 0.321 e. The lowest BCUT2D eigenvalue weighted by molar-refractivity contribution is -0.147. The average Bonchev–Trinajstić information content (AvgIpc) is 2.72. The molecule has 1 heterocycles. The molecule has 3 rings (SSSR count). The highest BCUT2D eigenvalue weighted by molar-refractivity contribution is 5.88. The van der Waals surface area contributed by atoms with Crippen molar-refractivity contribution < 1.29 is 9.53 Å². The van der Waals surface area contributed by atoms with Crippen LogP contribution >= 0.6 is 0 Å². The van der Waals surface area contributed by atoms with Crippen LogP contribution < -0.4 is 0 Å². The molecule has 0 radical (unpaired) electrons. The molecule has 0 saturated carbocycles. The summed E-state index contributed by atoms with van der Waals surface area (Å²) in [4.78, 5) is 12.9. The zero-order valence-electron chi connectivity index (χ0n) is 13.3. The van der Waals surface area contributed by atoms with Gasteiger partial charge in [0.25, 0.3) is 0 Å². The predicted octanol–water partition coefficient (Wildman–Crippen LogP) is 4.32. The molecular weight excluding hydrogens is 272 g/mol. The maximum absolute atomic E-state index is 12.9. The lowest BCUT2D eigenvalue weighted by atomic mass is 9.71. The van der Waals surface area contributed by atoms with Crippen molar-refractivity contribution in [2.24, 2.45) is 0 Å². The smallest absolute Gasteiger partial charge is 0.321 e. The zero-order chi connectivity index (χ0) is 15.6. The van der Waals surface area contributed by atoms with E-state index in [0.29, 0.717) is 6.61 Å². The van der Waals surface area contributed by atoms with Crippen LogP contribution in [-0.2, 0) is 14.9 Å². The second kappa shape index (κ2) is 5.96. The van der Waals surface area contributed by atoms with Crippen molar-refractivity contribution in [3.63, 3.8) is 0 Å². The van der Waals surface area contributed by atoms with E-state index < -0.39 is 5.41 Å². The molecule has 22 heavy (non-hydrogen) atoms. The number of hydrogen-bond acceptors (Lipinski definition) is 2. The van der Waals surface area contributed by atoms with Crippen molar-refractivity contribution in [1.29, 1.82) is 0 Å². The van der Waals surface area contributed by atoms with Crippen molar-refractivity contribution >= 4 is 5.97 Å². The standard InChI is InChI=1S/C20H22O2/c1-15-5-9-17(10-6-15)20(13-3-4-14-22-19(20)21)18-11-7-16(2)8-12-18/h5-12H,3-4,13-14H2,1-2H3. The number of rotatable bonds is 2. The van der Waals surface area contributed by atoms with Gasteiger partial charge in [-0.05, 0) is 44.2 Å². The Bertz CT molecular complexity index is 608. The molecule has 1 aliphatic rings. The minimum absolute atomic E-state index is 0.113. The normalized spacial score (nSPS) is 17.6. The van der Waals surface area contributed by atoms with Crippen LogP contribution in [0.1, 0.15) is 41.5 Å². The highest BCUT2D eigenvalue weighted by Crippen LogP contribution is 2.40. The third-order valence-electron chi connectivity index (χ3n) is 4.62. The van der Waals surface area contributed by atoms with Gasteiger partial charge in [0.05, 0.1) is 6.61 Å². The summed E-state index contributed by atoms with van der Waals surface area (Å²) in [6.07, 6.45) is 2.73. The molecule has 0 aliphatic carbocycles. The Balaban J connectivity index is 2.18. The number of ether oxygens (including phenoxy) is 1. The van der Waals surface area contributed by atoms with Gasteiger partial charge < -0.3 is 4.74 Å². The van der Waals surface area contributed by atoms with E-state index >= 15 is 0 Å². The fourth-order valence-corrected chi connectivity index (χ4v) is 3.25. The molecule has 0 aromatic heterocycles. The van der Waals surface area contributed by atoms with Crippen molar-refractivity contribution in [3.8, 4) is 0 Å². The molecule has 0 unspecified atom stereocenters. The lowest BCUT2D eigenvalue weighted by Crippen LogP contribution is -2.37. The van der Waals surface area contributed by atoms with E-state index in [4.69, 9.17) is 4.74 Å². The van der Waals surface area contributed by atoms with E-state index in [1.54, 1.807) is 0 Å². The number of cyclic esters (lactones) is 1. The molecule has 1 saturated heterocycles. The number of aryl methyl sites for hydroxylation is 2. The lowest BCUT2D eigenvalue weighted by Gasteiger charge is -2.31. The van der Waals surface area contributed by atoms with Gasteiger partial charge in [0.1, 0.15) is 5.41 Å². The number of carbonyl (C=O) groups is 1. The molecule has 1 fully saturated rings. The predicted molar refractivity (Wildman–Crippen MR) is 87.9 cm³/mol. The van der Waals surface area contributed by atoms with Gasteiger partial charge in [-0.25, -0.2) is 0 Å². The van der Waals surface area contributed by atoms with E-state index in [-0.39, 0.29) is 5.97 Å². The van der Waals surface area contributed by atoms with E-state index in [0.717, 1.165) is 30.4 Å². The first-order valence-electron chi connectivity index (χ1n) is 7.94. The summed E-state index contributed by atoms with van der Waals surface area (Å²) in [5.41, 5.74) is 3.80. The highest BCUT2D eigenvalue weighted by Gasteiger charge is 2.44. The third kappa shape index (κ3) is 2.54. The Morgan fingerprint density at radius 1 is 0.818 bits per heavy atom. The van der Waals surface area contributed by atoms with E-state index in [9.17, 15) is 4.79 Å². The van der Waals surface area contributed by atoms with Crippen molar-refractivity contribution in [2.45, 2.75) is 38.5 Å². The molecule has 0 atom stereocenters. The number of esters is 1. The van der Waals surface area contributed by atoms with Gasteiger partial charge in [-0.15, -0.1) is 0 Å². The molecule has 2 aromatic rings. The molecule has 0 spiro atoms. The van der Waals surface area contributed by atoms with Crippen molar-refractivity contribution in [2.75, 3.05) is 6.61 Å². The van der Waals surface area contributed by atoms with Crippen LogP contribution in [0.5, 0.6) is 0 Å². The molecular formula is C20H22O2. The SMILES string of the molecule is Cc1ccc(C2(c3ccc(C)cc3)CCCCOC2=O)cc1. The van der Waals surface area contributed by atoms with Crippen molar-refractivity contribution in [1.82, 2.24) is 0 Å². The van der Waals surface area contributed by atoms with Crippen LogP contribution in [0.3, 0.4) is 0 Å². The topological polar surface area (TPSA) is 26.3 Å². The van der Waals surface area contributed by atoms with E-state index in [1.165, 1.54) is 11.1 Å². The Hall–Kier alpha value is -2.09. The molecule has 2 aromatic carbocycles. The minimum Gasteiger partial charge on any atom is -0.465 e. The Kier molecular flexibility index (Phi) is 4.02. The zero-order valence-corrected chi connectivity index (χ0v) is 13.3. The van der Waals surface area contributed by atoms with E-state index in [1.807, 2.05) is 0 Å². The Morgan fingerprint density at radius 3 is 1.82 bits per heavy atom. The highest BCUT2D eigenvalue weighted by atomic mass is 16.5. The molecule has 0 bridgehead atoms. The van der Waals surface area contributed by atoms with Crippen LogP contribution in [0.2, 0.25) is 0 Å². The number of hydrogen-bond donors (Lipinski definition) is 0. The van der Waals surface area contributed by atoms with Crippen LogP contribution in [0.15, 0.2) is 48.5 Å². The quantitative estimate of drug-likeness (QED) is 0.771. The molecule has 114 valence electrons. The molecule has 0 amide bonds. The summed E-state index contributed by atoms with van der Waals surface area (Å²) in [5, 5.41) is 0. The monoisotopic (exact) mass is 294 g/mol. The Morgan fingerprint density at radius 2 is 1.32 bits per heavy atom. The van der Waals surface area contributed by atoms with Gasteiger partial charge in [0.2, 0.25) is 0 Å². The first-order chi connectivity index (χ1) is 10.6. The summed E-state index contributed by atoms with van der Waals surface area (Å²) in [7, 11) is 0. The summed E-state index contributed by atoms with van der Waals surface area (Å²) in [5.74, 6) is -0.113.